The number of hydrogen-bond donors (Lipinski definition) is 3. The van der Waals surface area contributed by atoms with E-state index in [0.29, 0.717) is 22.5 Å². The number of amides is 1. The van der Waals surface area contributed by atoms with Crippen molar-refractivity contribution in [1.29, 1.82) is 0 Å². The van der Waals surface area contributed by atoms with Crippen LogP contribution < -0.4 is 10.1 Å². The number of pyridine rings is 1. The summed E-state index contributed by atoms with van der Waals surface area (Å²) < 4.78 is 35.2. The van der Waals surface area contributed by atoms with Gasteiger partial charge in [-0.1, -0.05) is 30.3 Å². The molecule has 2 aromatic carbocycles. The first-order valence-corrected chi connectivity index (χ1v) is 11.0. The Morgan fingerprint density at radius 1 is 1.09 bits per heavy atom. The Morgan fingerprint density at radius 3 is 2.46 bits per heavy atom. The van der Waals surface area contributed by atoms with E-state index >= 15 is 0 Å². The molecule has 1 amide bonds. The number of aromatic nitrogens is 2. The normalized spacial score (nSPS) is 13.0. The fourth-order valence-electron chi connectivity index (χ4n) is 4.01. The van der Waals surface area contributed by atoms with E-state index in [0.717, 1.165) is 12.1 Å². The van der Waals surface area contributed by atoms with Gasteiger partial charge < -0.3 is 20.3 Å². The molecule has 0 spiro atoms. The fourth-order valence-corrected chi connectivity index (χ4v) is 4.01. The van der Waals surface area contributed by atoms with Gasteiger partial charge in [-0.3, -0.25) is 9.20 Å². The van der Waals surface area contributed by atoms with E-state index in [1.807, 2.05) is 0 Å². The van der Waals surface area contributed by atoms with Crippen LogP contribution in [-0.4, -0.2) is 32.1 Å². The Morgan fingerprint density at radius 2 is 1.77 bits per heavy atom. The van der Waals surface area contributed by atoms with Crippen molar-refractivity contribution < 1.29 is 28.5 Å². The number of nitrogens with one attached hydrogen (secondary N) is 1. The number of aryl methyl sites for hydroxylation is 1. The third-order valence-corrected chi connectivity index (χ3v) is 5.78. The number of rotatable bonds is 8. The molecule has 9 heteroatoms. The van der Waals surface area contributed by atoms with Gasteiger partial charge in [0.1, 0.15) is 30.0 Å². The summed E-state index contributed by atoms with van der Waals surface area (Å²) in [5.41, 5.74) is 2.03. The minimum absolute atomic E-state index is 0.201. The number of fused-ring (bicyclic) bond motifs is 1. The van der Waals surface area contributed by atoms with Gasteiger partial charge in [0.05, 0.1) is 23.9 Å². The Hall–Kier alpha value is -3.82. The molecule has 0 aliphatic heterocycles. The SMILES string of the molecule is Cc1nc2c(OCc3c(F)cccc3F)cccn2c1C(=O)N[C@@H](C)c1ccccc1[C@@H](O)CO. The average molecular weight is 481 g/mol. The zero-order chi connectivity index (χ0) is 25.1. The van der Waals surface area contributed by atoms with Gasteiger partial charge in [-0.25, -0.2) is 13.8 Å². The van der Waals surface area contributed by atoms with Gasteiger partial charge in [-0.05, 0) is 49.2 Å². The van der Waals surface area contributed by atoms with E-state index in [1.165, 1.54) is 6.07 Å². The van der Waals surface area contributed by atoms with Gasteiger partial charge >= 0.3 is 0 Å². The predicted octanol–water partition coefficient (Wildman–Crippen LogP) is 4.02. The van der Waals surface area contributed by atoms with Crippen LogP contribution >= 0.6 is 0 Å². The third-order valence-electron chi connectivity index (χ3n) is 5.78. The van der Waals surface area contributed by atoms with Crippen LogP contribution in [-0.2, 0) is 6.61 Å². The van der Waals surface area contributed by atoms with Crippen LogP contribution in [0, 0.1) is 18.6 Å². The highest BCUT2D eigenvalue weighted by molar-refractivity contribution is 5.95. The van der Waals surface area contributed by atoms with Crippen LogP contribution in [0.5, 0.6) is 5.75 Å². The number of benzene rings is 2. The molecular formula is C26H25F2N3O4. The molecule has 0 fully saturated rings. The molecule has 2 aromatic heterocycles. The van der Waals surface area contributed by atoms with Crippen molar-refractivity contribution in [2.75, 3.05) is 6.61 Å². The molecule has 0 unspecified atom stereocenters. The summed E-state index contributed by atoms with van der Waals surface area (Å²) in [6.07, 6.45) is 0.580. The summed E-state index contributed by atoms with van der Waals surface area (Å²) in [6, 6.07) is 13.4. The smallest absolute Gasteiger partial charge is 0.270 e. The van der Waals surface area contributed by atoms with Crippen molar-refractivity contribution >= 4 is 11.6 Å². The maximum absolute atomic E-state index is 14.0. The number of hydrogen-bond acceptors (Lipinski definition) is 5. The Kier molecular flexibility index (Phi) is 7.09. The van der Waals surface area contributed by atoms with Crippen molar-refractivity contribution in [2.45, 2.75) is 32.6 Å². The van der Waals surface area contributed by atoms with Crippen LogP contribution in [0.1, 0.15) is 51.9 Å². The second kappa shape index (κ2) is 10.2. The van der Waals surface area contributed by atoms with Gasteiger partial charge in [-0.15, -0.1) is 0 Å². The molecule has 2 atom stereocenters. The van der Waals surface area contributed by atoms with Crippen LogP contribution in [0.2, 0.25) is 0 Å². The highest BCUT2D eigenvalue weighted by atomic mass is 19.1. The Balaban J connectivity index is 1.60. The molecule has 0 aliphatic carbocycles. The van der Waals surface area contributed by atoms with Crippen molar-refractivity contribution in [3.63, 3.8) is 0 Å². The molecule has 7 nitrogen and oxygen atoms in total. The summed E-state index contributed by atoms with van der Waals surface area (Å²) in [4.78, 5) is 17.7. The summed E-state index contributed by atoms with van der Waals surface area (Å²) in [5.74, 6) is -1.57. The zero-order valence-corrected chi connectivity index (χ0v) is 19.2. The highest BCUT2D eigenvalue weighted by Crippen LogP contribution is 2.26. The maximum atomic E-state index is 14.0. The second-order valence-corrected chi connectivity index (χ2v) is 8.12. The lowest BCUT2D eigenvalue weighted by Gasteiger charge is -2.20. The number of aliphatic hydroxyl groups excluding tert-OH is 2. The first kappa shape index (κ1) is 24.3. The molecule has 2 heterocycles. The van der Waals surface area contributed by atoms with Crippen LogP contribution in [0.4, 0.5) is 8.78 Å². The van der Waals surface area contributed by atoms with E-state index in [9.17, 15) is 23.8 Å². The first-order valence-electron chi connectivity index (χ1n) is 11.0. The van der Waals surface area contributed by atoms with E-state index in [-0.39, 0.29) is 23.6 Å². The number of halogens is 2. The molecule has 4 rings (SSSR count). The molecule has 0 radical (unpaired) electrons. The topological polar surface area (TPSA) is 96.1 Å². The third kappa shape index (κ3) is 4.87. The lowest BCUT2D eigenvalue weighted by atomic mass is 9.97. The number of ether oxygens (including phenoxy) is 1. The number of carbonyl (C=O) groups is 1. The molecular weight excluding hydrogens is 456 g/mol. The molecule has 3 N–H and O–H groups in total. The maximum Gasteiger partial charge on any atom is 0.270 e. The van der Waals surface area contributed by atoms with Crippen LogP contribution in [0.25, 0.3) is 5.65 Å². The summed E-state index contributed by atoms with van der Waals surface area (Å²) in [7, 11) is 0. The Bertz CT molecular complexity index is 1350. The average Bonchev–Trinajstić information content (AvgIpc) is 3.19. The zero-order valence-electron chi connectivity index (χ0n) is 19.2. The Labute approximate surface area is 200 Å². The van der Waals surface area contributed by atoms with Crippen molar-refractivity contribution in [1.82, 2.24) is 14.7 Å². The van der Waals surface area contributed by atoms with E-state index in [2.05, 4.69) is 10.3 Å². The van der Waals surface area contributed by atoms with Crippen molar-refractivity contribution in [3.05, 3.63) is 101 Å². The van der Waals surface area contributed by atoms with E-state index in [1.54, 1.807) is 60.8 Å². The molecule has 35 heavy (non-hydrogen) atoms. The molecule has 0 aliphatic rings. The van der Waals surface area contributed by atoms with Gasteiger partial charge in [0.25, 0.3) is 5.91 Å². The second-order valence-electron chi connectivity index (χ2n) is 8.12. The van der Waals surface area contributed by atoms with Crippen LogP contribution in [0.15, 0.2) is 60.8 Å². The molecule has 4 aromatic rings. The number of aliphatic hydroxyl groups is 2. The van der Waals surface area contributed by atoms with Crippen molar-refractivity contribution in [3.8, 4) is 5.75 Å². The number of nitrogens with zero attached hydrogens (tertiary/aromatic N) is 2. The van der Waals surface area contributed by atoms with Crippen molar-refractivity contribution in [2.24, 2.45) is 0 Å². The monoisotopic (exact) mass is 481 g/mol. The van der Waals surface area contributed by atoms with E-state index < -0.39 is 36.3 Å². The highest BCUT2D eigenvalue weighted by Gasteiger charge is 2.23. The predicted molar refractivity (Wildman–Crippen MR) is 125 cm³/mol. The molecule has 0 saturated heterocycles. The first-order chi connectivity index (χ1) is 16.8. The van der Waals surface area contributed by atoms with Crippen LogP contribution in [0.3, 0.4) is 0 Å². The number of imidazole rings is 1. The lowest BCUT2D eigenvalue weighted by molar-refractivity contribution is 0.0911. The molecule has 0 bridgehead atoms. The standard InChI is InChI=1S/C26H25F2N3O4/c1-15(17-7-3-4-8-18(17)22(33)13-32)30-26(34)24-16(2)29-25-23(11-6-12-31(24)25)35-14-19-20(27)9-5-10-21(19)28/h3-12,15,22,32-33H,13-14H2,1-2H3,(H,30,34)/t15-,22-/m0/s1. The quantitative estimate of drug-likeness (QED) is 0.353. The summed E-state index contributed by atoms with van der Waals surface area (Å²) >= 11 is 0. The number of carbonyl (C=O) groups excluding carboxylic acids is 1. The lowest BCUT2D eigenvalue weighted by Crippen LogP contribution is -2.29. The van der Waals surface area contributed by atoms with Gasteiger partial charge in [-0.2, -0.15) is 0 Å². The summed E-state index contributed by atoms with van der Waals surface area (Å²) in [6.45, 7) is 2.67. The van der Waals surface area contributed by atoms with Gasteiger partial charge in [0.15, 0.2) is 11.4 Å². The summed E-state index contributed by atoms with van der Waals surface area (Å²) in [5, 5.41) is 22.4. The van der Waals surface area contributed by atoms with Gasteiger partial charge in [0.2, 0.25) is 0 Å². The fraction of sp³-hybridized carbons (Fsp3) is 0.231. The van der Waals surface area contributed by atoms with Gasteiger partial charge in [0, 0.05) is 6.20 Å². The van der Waals surface area contributed by atoms with E-state index in [4.69, 9.17) is 4.74 Å². The molecule has 182 valence electrons. The minimum atomic E-state index is -1.07. The largest absolute Gasteiger partial charge is 0.485 e. The molecule has 0 saturated carbocycles. The minimum Gasteiger partial charge on any atom is -0.485 e.